The highest BCUT2D eigenvalue weighted by Gasteiger charge is 1.97. The molecule has 0 bridgehead atoms. The van der Waals surface area contributed by atoms with Crippen molar-refractivity contribution in [2.75, 3.05) is 0 Å². The van der Waals surface area contributed by atoms with E-state index in [0.717, 1.165) is 6.42 Å². The van der Waals surface area contributed by atoms with E-state index in [4.69, 9.17) is 0 Å². The zero-order valence-electron chi connectivity index (χ0n) is 7.35. The molecule has 0 saturated heterocycles. The normalized spacial score (nSPS) is 9.73. The number of hydrogen-bond donors (Lipinski definition) is 0. The van der Waals surface area contributed by atoms with Gasteiger partial charge in [-0.15, -0.1) is 11.3 Å². The van der Waals surface area contributed by atoms with Gasteiger partial charge in [0.1, 0.15) is 0 Å². The summed E-state index contributed by atoms with van der Waals surface area (Å²) in [6.45, 7) is 6.47. The Morgan fingerprint density at radius 3 is 2.82 bits per heavy atom. The van der Waals surface area contributed by atoms with Crippen molar-refractivity contribution in [3.8, 4) is 0 Å². The Labute approximate surface area is 72.6 Å². The maximum atomic E-state index is 2.25. The van der Waals surface area contributed by atoms with Gasteiger partial charge in [-0.3, -0.25) is 0 Å². The van der Waals surface area contributed by atoms with Gasteiger partial charge in [0.2, 0.25) is 0 Å². The predicted octanol–water partition coefficient (Wildman–Crippen LogP) is 3.73. The summed E-state index contributed by atoms with van der Waals surface area (Å²) in [7, 11) is 0. The summed E-state index contributed by atoms with van der Waals surface area (Å²) < 4.78 is 0. The van der Waals surface area contributed by atoms with Crippen LogP contribution in [0, 0.1) is 0 Å². The van der Waals surface area contributed by atoms with Crippen LogP contribution in [0.1, 0.15) is 31.2 Å². The summed E-state index contributed by atoms with van der Waals surface area (Å²) >= 11 is 1.83. The van der Waals surface area contributed by atoms with Crippen molar-refractivity contribution in [3.05, 3.63) is 27.5 Å². The van der Waals surface area contributed by atoms with Crippen molar-refractivity contribution in [2.24, 2.45) is 0 Å². The van der Waals surface area contributed by atoms with E-state index >= 15 is 0 Å². The van der Waals surface area contributed by atoms with Crippen LogP contribution in [0.3, 0.4) is 0 Å². The minimum Gasteiger partial charge on any atom is -0.144 e. The molecule has 0 aliphatic heterocycles. The van der Waals surface area contributed by atoms with Gasteiger partial charge in [0, 0.05) is 4.88 Å². The smallest absolute Gasteiger partial charge is 0.0301 e. The lowest BCUT2D eigenvalue weighted by Crippen LogP contribution is -1.77. The first-order chi connectivity index (χ1) is 5.24. The average Bonchev–Trinajstić information content (AvgIpc) is 2.34. The first-order valence-electron chi connectivity index (χ1n) is 3.95. The molecule has 60 valence electrons. The lowest BCUT2D eigenvalue weighted by molar-refractivity contribution is 1.15. The first kappa shape index (κ1) is 8.54. The predicted molar refractivity (Wildman–Crippen MR) is 53.0 cm³/mol. The molecule has 0 fully saturated rings. The van der Waals surface area contributed by atoms with Crippen LogP contribution in [-0.4, -0.2) is 0 Å². The second kappa shape index (κ2) is 3.72. The highest BCUT2D eigenvalue weighted by Crippen LogP contribution is 2.20. The molecule has 0 unspecified atom stereocenters. The first-order valence-corrected chi connectivity index (χ1v) is 4.83. The van der Waals surface area contributed by atoms with Crippen LogP contribution in [0.4, 0.5) is 0 Å². The fourth-order valence-corrected chi connectivity index (χ4v) is 2.07. The SMILES string of the molecule is CCc1ccsc1C=C(C)C. The standard InChI is InChI=1S/C10H14S/c1-4-9-5-6-11-10(9)7-8(2)3/h5-7H,4H2,1-3H3. The van der Waals surface area contributed by atoms with Crippen molar-refractivity contribution in [1.82, 2.24) is 0 Å². The van der Waals surface area contributed by atoms with Gasteiger partial charge in [0.25, 0.3) is 0 Å². The quantitative estimate of drug-likeness (QED) is 0.628. The van der Waals surface area contributed by atoms with Gasteiger partial charge in [-0.1, -0.05) is 12.5 Å². The molecule has 1 heteroatoms. The highest BCUT2D eigenvalue weighted by molar-refractivity contribution is 7.11. The molecule has 0 radical (unpaired) electrons. The van der Waals surface area contributed by atoms with Gasteiger partial charge < -0.3 is 0 Å². The van der Waals surface area contributed by atoms with E-state index in [9.17, 15) is 0 Å². The largest absolute Gasteiger partial charge is 0.144 e. The molecule has 1 aromatic heterocycles. The molecule has 1 heterocycles. The highest BCUT2D eigenvalue weighted by atomic mass is 32.1. The maximum absolute atomic E-state index is 2.25. The second-order valence-corrected chi connectivity index (χ2v) is 3.83. The Morgan fingerprint density at radius 1 is 1.55 bits per heavy atom. The Morgan fingerprint density at radius 2 is 2.27 bits per heavy atom. The molecular weight excluding hydrogens is 152 g/mol. The molecule has 1 aromatic rings. The minimum atomic E-state index is 1.14. The van der Waals surface area contributed by atoms with Gasteiger partial charge in [0.05, 0.1) is 0 Å². The number of thiophene rings is 1. The van der Waals surface area contributed by atoms with Crippen LogP contribution in [0.5, 0.6) is 0 Å². The Balaban J connectivity index is 2.93. The third-order valence-corrected chi connectivity index (χ3v) is 2.49. The van der Waals surface area contributed by atoms with Crippen molar-refractivity contribution < 1.29 is 0 Å². The van der Waals surface area contributed by atoms with Crippen LogP contribution < -0.4 is 0 Å². The summed E-state index contributed by atoms with van der Waals surface area (Å²) in [6.07, 6.45) is 3.39. The summed E-state index contributed by atoms with van der Waals surface area (Å²) in [4.78, 5) is 1.42. The maximum Gasteiger partial charge on any atom is 0.0301 e. The Bertz CT molecular complexity index is 252. The zero-order valence-corrected chi connectivity index (χ0v) is 8.16. The molecule has 11 heavy (non-hydrogen) atoms. The third kappa shape index (κ3) is 2.19. The minimum absolute atomic E-state index is 1.14. The fraction of sp³-hybridized carbons (Fsp3) is 0.400. The third-order valence-electron chi connectivity index (χ3n) is 1.58. The van der Waals surface area contributed by atoms with Gasteiger partial charge >= 0.3 is 0 Å². The van der Waals surface area contributed by atoms with E-state index < -0.39 is 0 Å². The molecule has 0 saturated carbocycles. The van der Waals surface area contributed by atoms with Crippen molar-refractivity contribution in [2.45, 2.75) is 27.2 Å². The van der Waals surface area contributed by atoms with Crippen molar-refractivity contribution in [3.63, 3.8) is 0 Å². The van der Waals surface area contributed by atoms with E-state index in [-0.39, 0.29) is 0 Å². The zero-order chi connectivity index (χ0) is 8.27. The number of aryl methyl sites for hydroxylation is 1. The van der Waals surface area contributed by atoms with Crippen LogP contribution in [0.25, 0.3) is 6.08 Å². The summed E-state index contributed by atoms with van der Waals surface area (Å²) in [5.74, 6) is 0. The monoisotopic (exact) mass is 166 g/mol. The van der Waals surface area contributed by atoms with Gasteiger partial charge in [-0.25, -0.2) is 0 Å². The summed E-state index contributed by atoms with van der Waals surface area (Å²) in [5.41, 5.74) is 2.85. The molecule has 0 atom stereocenters. The van der Waals surface area contributed by atoms with E-state index in [0.29, 0.717) is 0 Å². The Hall–Kier alpha value is -0.560. The lowest BCUT2D eigenvalue weighted by Gasteiger charge is -1.94. The number of rotatable bonds is 2. The number of hydrogen-bond acceptors (Lipinski definition) is 1. The summed E-state index contributed by atoms with van der Waals surface area (Å²) in [6, 6.07) is 2.21. The topological polar surface area (TPSA) is 0 Å². The molecule has 0 nitrogen and oxygen atoms in total. The van der Waals surface area contributed by atoms with Gasteiger partial charge in [-0.2, -0.15) is 0 Å². The van der Waals surface area contributed by atoms with Gasteiger partial charge in [0.15, 0.2) is 0 Å². The van der Waals surface area contributed by atoms with Crippen LogP contribution in [0.15, 0.2) is 17.0 Å². The molecular formula is C10H14S. The van der Waals surface area contributed by atoms with Crippen molar-refractivity contribution in [1.29, 1.82) is 0 Å². The van der Waals surface area contributed by atoms with Crippen molar-refractivity contribution >= 4 is 17.4 Å². The van der Waals surface area contributed by atoms with Gasteiger partial charge in [-0.05, 0) is 43.4 Å². The number of allylic oxidation sites excluding steroid dienone is 1. The molecule has 1 rings (SSSR count). The molecule has 0 spiro atoms. The molecule has 0 aromatic carbocycles. The fourth-order valence-electron chi connectivity index (χ4n) is 1.03. The van der Waals surface area contributed by atoms with E-state index in [1.807, 2.05) is 11.3 Å². The molecule has 0 aliphatic carbocycles. The van der Waals surface area contributed by atoms with Crippen LogP contribution in [-0.2, 0) is 6.42 Å². The second-order valence-electron chi connectivity index (χ2n) is 2.89. The van der Waals surface area contributed by atoms with E-state index in [1.165, 1.54) is 16.0 Å². The average molecular weight is 166 g/mol. The lowest BCUT2D eigenvalue weighted by atomic mass is 10.2. The van der Waals surface area contributed by atoms with Crippen LogP contribution in [0.2, 0.25) is 0 Å². The molecule has 0 N–H and O–H groups in total. The van der Waals surface area contributed by atoms with Crippen LogP contribution >= 0.6 is 11.3 Å². The molecule has 0 aliphatic rings. The Kier molecular flexibility index (Phi) is 2.89. The van der Waals surface area contributed by atoms with E-state index in [1.54, 1.807) is 0 Å². The van der Waals surface area contributed by atoms with E-state index in [2.05, 4.69) is 38.3 Å². The molecule has 0 amide bonds. The summed E-state index contributed by atoms with van der Waals surface area (Å²) in [5, 5.41) is 2.16.